The molecule has 2 aromatic heterocycles. The minimum Gasteiger partial charge on any atom is -0.352 e. The molecule has 2 rings (SSSR count). The molecule has 0 spiro atoms. The molecule has 0 saturated heterocycles. The fourth-order valence-electron chi connectivity index (χ4n) is 1.42. The van der Waals surface area contributed by atoms with Gasteiger partial charge in [0, 0.05) is 28.3 Å². The Bertz CT molecular complexity index is 511. The molecular weight excluding hydrogens is 457 g/mol. The van der Waals surface area contributed by atoms with Crippen LogP contribution in [0.25, 0.3) is 0 Å². The van der Waals surface area contributed by atoms with E-state index >= 15 is 0 Å². The Kier molecular flexibility index (Phi) is 7.96. The van der Waals surface area contributed by atoms with E-state index in [0.717, 1.165) is 23.5 Å². The molecule has 19 heavy (non-hydrogen) atoms. The third-order valence-electron chi connectivity index (χ3n) is 2.32. The van der Waals surface area contributed by atoms with Crippen LogP contribution in [0.2, 0.25) is 0 Å². The minimum atomic E-state index is 0. The fourth-order valence-corrected chi connectivity index (χ4v) is 3.48. The van der Waals surface area contributed by atoms with Crippen LogP contribution >= 0.6 is 62.6 Å². The topological polar surface area (TPSA) is 36.4 Å². The maximum atomic E-state index is 4.20. The molecule has 0 amide bonds. The van der Waals surface area contributed by atoms with Gasteiger partial charge in [-0.25, -0.2) is 0 Å². The Morgan fingerprint density at radius 2 is 2.11 bits per heavy atom. The van der Waals surface area contributed by atoms with E-state index < -0.39 is 0 Å². The highest BCUT2D eigenvalue weighted by Crippen LogP contribution is 2.19. The molecule has 0 aliphatic heterocycles. The molecule has 3 nitrogen and oxygen atoms in total. The Balaban J connectivity index is 0.00000180. The summed E-state index contributed by atoms with van der Waals surface area (Å²) >= 11 is 6.89. The molecule has 2 heterocycles. The minimum absolute atomic E-state index is 0. The van der Waals surface area contributed by atoms with E-state index in [9.17, 15) is 0 Å². The molecular formula is C12H15BrIN3S2. The number of halogens is 2. The Morgan fingerprint density at radius 1 is 1.32 bits per heavy atom. The van der Waals surface area contributed by atoms with E-state index in [4.69, 9.17) is 0 Å². The number of hydrogen-bond donors (Lipinski definition) is 2. The monoisotopic (exact) mass is 471 g/mol. The first-order valence-corrected chi connectivity index (χ1v) is 8.08. The van der Waals surface area contributed by atoms with Gasteiger partial charge in [-0.05, 0) is 44.4 Å². The average Bonchev–Trinajstić information content (AvgIpc) is 3.01. The third-order valence-corrected chi connectivity index (χ3v) is 4.75. The van der Waals surface area contributed by atoms with Crippen molar-refractivity contribution in [3.8, 4) is 0 Å². The smallest absolute Gasteiger partial charge is 0.191 e. The summed E-state index contributed by atoms with van der Waals surface area (Å²) in [5, 5.41) is 12.9. The number of aliphatic imine (C=N–C) groups is 1. The quantitative estimate of drug-likeness (QED) is 0.401. The maximum Gasteiger partial charge on any atom is 0.191 e. The lowest BCUT2D eigenvalue weighted by atomic mass is 10.3. The molecule has 0 bridgehead atoms. The van der Waals surface area contributed by atoms with Gasteiger partial charge in [0.25, 0.3) is 0 Å². The summed E-state index contributed by atoms with van der Waals surface area (Å²) in [5.74, 6) is 0.825. The van der Waals surface area contributed by atoms with Crippen LogP contribution in [0.1, 0.15) is 10.4 Å². The molecule has 0 aliphatic carbocycles. The Hall–Kier alpha value is -0.120. The van der Waals surface area contributed by atoms with Gasteiger partial charge in [-0.2, -0.15) is 11.3 Å². The van der Waals surface area contributed by atoms with E-state index in [1.807, 2.05) is 0 Å². The van der Waals surface area contributed by atoms with Crippen LogP contribution in [0.5, 0.6) is 0 Å². The number of nitrogens with zero attached hydrogens (tertiary/aromatic N) is 1. The first-order chi connectivity index (χ1) is 8.78. The predicted octanol–water partition coefficient (Wildman–Crippen LogP) is 4.06. The number of hydrogen-bond acceptors (Lipinski definition) is 3. The highest BCUT2D eigenvalue weighted by atomic mass is 127. The average molecular weight is 472 g/mol. The van der Waals surface area contributed by atoms with Crippen molar-refractivity contribution < 1.29 is 0 Å². The molecule has 0 fully saturated rings. The van der Waals surface area contributed by atoms with Crippen molar-refractivity contribution >= 4 is 68.5 Å². The number of rotatable bonds is 4. The van der Waals surface area contributed by atoms with E-state index in [0.29, 0.717) is 0 Å². The molecule has 0 unspecified atom stereocenters. The van der Waals surface area contributed by atoms with Crippen LogP contribution in [0, 0.1) is 0 Å². The summed E-state index contributed by atoms with van der Waals surface area (Å²) in [6.45, 7) is 1.59. The molecule has 0 aromatic carbocycles. The van der Waals surface area contributed by atoms with Gasteiger partial charge in [0.15, 0.2) is 5.96 Å². The van der Waals surface area contributed by atoms with E-state index in [1.54, 1.807) is 29.7 Å². The maximum absolute atomic E-state index is 4.20. The summed E-state index contributed by atoms with van der Waals surface area (Å²) in [7, 11) is 1.79. The summed E-state index contributed by atoms with van der Waals surface area (Å²) in [6, 6.07) is 4.23. The number of guanidine groups is 1. The van der Waals surface area contributed by atoms with E-state index in [2.05, 4.69) is 59.8 Å². The van der Waals surface area contributed by atoms with Crippen LogP contribution in [0.15, 0.2) is 37.7 Å². The second-order valence-corrected chi connectivity index (χ2v) is 6.33. The lowest BCUT2D eigenvalue weighted by Crippen LogP contribution is -2.36. The van der Waals surface area contributed by atoms with E-state index in [1.165, 1.54) is 10.4 Å². The SMILES string of the molecule is CN=C(NCc1ccsc1)NCc1cc(Br)cs1.I. The van der Waals surface area contributed by atoms with Crippen LogP contribution in [-0.2, 0) is 13.1 Å². The fraction of sp³-hybridized carbons (Fsp3) is 0.250. The zero-order valence-corrected chi connectivity index (χ0v) is 15.9. The van der Waals surface area contributed by atoms with E-state index in [-0.39, 0.29) is 24.0 Å². The summed E-state index contributed by atoms with van der Waals surface area (Å²) in [4.78, 5) is 5.48. The molecule has 7 heteroatoms. The second-order valence-electron chi connectivity index (χ2n) is 3.64. The second kappa shape index (κ2) is 8.93. The van der Waals surface area contributed by atoms with Crippen molar-refractivity contribution in [3.63, 3.8) is 0 Å². The number of thiophene rings is 2. The van der Waals surface area contributed by atoms with Crippen molar-refractivity contribution in [1.82, 2.24) is 10.6 Å². The van der Waals surface area contributed by atoms with Crippen LogP contribution in [-0.4, -0.2) is 13.0 Å². The van der Waals surface area contributed by atoms with Gasteiger partial charge in [-0.15, -0.1) is 35.3 Å². The number of nitrogens with one attached hydrogen (secondary N) is 2. The van der Waals surface area contributed by atoms with Gasteiger partial charge >= 0.3 is 0 Å². The molecule has 2 N–H and O–H groups in total. The Morgan fingerprint density at radius 3 is 2.68 bits per heavy atom. The predicted molar refractivity (Wildman–Crippen MR) is 98.8 cm³/mol. The molecule has 0 radical (unpaired) electrons. The first kappa shape index (κ1) is 16.9. The highest BCUT2D eigenvalue weighted by Gasteiger charge is 2.01. The zero-order valence-electron chi connectivity index (χ0n) is 10.4. The summed E-state index contributed by atoms with van der Waals surface area (Å²) < 4.78 is 1.13. The molecule has 0 aliphatic rings. The molecule has 104 valence electrons. The van der Waals surface area contributed by atoms with Gasteiger partial charge in [0.2, 0.25) is 0 Å². The van der Waals surface area contributed by atoms with Crippen LogP contribution in [0.3, 0.4) is 0 Å². The van der Waals surface area contributed by atoms with Crippen molar-refractivity contribution in [2.24, 2.45) is 4.99 Å². The largest absolute Gasteiger partial charge is 0.352 e. The van der Waals surface area contributed by atoms with Crippen molar-refractivity contribution in [3.05, 3.63) is 43.2 Å². The first-order valence-electron chi connectivity index (χ1n) is 5.46. The van der Waals surface area contributed by atoms with Gasteiger partial charge in [-0.1, -0.05) is 0 Å². The highest BCUT2D eigenvalue weighted by molar-refractivity contribution is 14.0. The van der Waals surface area contributed by atoms with Crippen molar-refractivity contribution in [2.45, 2.75) is 13.1 Å². The molecule has 2 aromatic rings. The normalized spacial score (nSPS) is 10.9. The van der Waals surface area contributed by atoms with Gasteiger partial charge in [0.1, 0.15) is 0 Å². The van der Waals surface area contributed by atoms with Gasteiger partial charge in [0.05, 0.1) is 6.54 Å². The standard InChI is InChI=1S/C12H14BrN3S2.HI/c1-14-12(15-5-9-2-3-17-7-9)16-6-11-4-10(13)8-18-11;/h2-4,7-8H,5-6H2,1H3,(H2,14,15,16);1H. The van der Waals surface area contributed by atoms with Crippen molar-refractivity contribution in [2.75, 3.05) is 7.05 Å². The van der Waals surface area contributed by atoms with Crippen LogP contribution < -0.4 is 10.6 Å². The lowest BCUT2D eigenvalue weighted by molar-refractivity contribution is 0.817. The van der Waals surface area contributed by atoms with Gasteiger partial charge < -0.3 is 10.6 Å². The van der Waals surface area contributed by atoms with Gasteiger partial charge in [-0.3, -0.25) is 4.99 Å². The Labute approximate surface area is 146 Å². The van der Waals surface area contributed by atoms with Crippen LogP contribution in [0.4, 0.5) is 0 Å². The lowest BCUT2D eigenvalue weighted by Gasteiger charge is -2.10. The summed E-state index contributed by atoms with van der Waals surface area (Å²) in [5.41, 5.74) is 1.28. The third kappa shape index (κ3) is 5.80. The molecule has 0 atom stereocenters. The molecule has 0 saturated carbocycles. The summed E-state index contributed by atoms with van der Waals surface area (Å²) in [6.07, 6.45) is 0. The van der Waals surface area contributed by atoms with Crippen molar-refractivity contribution in [1.29, 1.82) is 0 Å². The zero-order chi connectivity index (χ0) is 12.8.